The van der Waals surface area contributed by atoms with Gasteiger partial charge in [-0.1, -0.05) is 24.3 Å². The fourth-order valence-corrected chi connectivity index (χ4v) is 3.68. The van der Waals surface area contributed by atoms with Gasteiger partial charge in [0.15, 0.2) is 0 Å². The third-order valence-corrected chi connectivity index (χ3v) is 4.69. The predicted molar refractivity (Wildman–Crippen MR) is 91.2 cm³/mol. The number of amides is 1. The highest BCUT2D eigenvalue weighted by Crippen LogP contribution is 2.37. The number of carbonyl (C=O) groups is 1. The molecule has 2 aromatic rings. The highest BCUT2D eigenvalue weighted by Gasteiger charge is 2.26. The molecule has 0 spiro atoms. The summed E-state index contributed by atoms with van der Waals surface area (Å²) in [6.07, 6.45) is 8.09. The standard InChI is InChI=1S/C18H14N2OS/c21-18(19-14-5-2-1-3-6-14)15-7-4-10-20-11-8-13-9-12-22-17(13)16(15)20/h1-9,11-12H,10H2,(H,19,21). The number of nitrogens with zero attached hydrogens (tertiary/aromatic N) is 1. The van der Waals surface area contributed by atoms with E-state index in [9.17, 15) is 4.79 Å². The smallest absolute Gasteiger partial charge is 0.257 e. The van der Waals surface area contributed by atoms with Gasteiger partial charge in [0.05, 0.1) is 16.1 Å². The maximum absolute atomic E-state index is 12.7. The zero-order valence-corrected chi connectivity index (χ0v) is 12.6. The van der Waals surface area contributed by atoms with Crippen LogP contribution in [0.3, 0.4) is 0 Å². The van der Waals surface area contributed by atoms with Crippen LogP contribution in [0.5, 0.6) is 0 Å². The summed E-state index contributed by atoms with van der Waals surface area (Å²) in [6, 6.07) is 11.6. The average molecular weight is 306 g/mol. The molecule has 1 aromatic heterocycles. The molecule has 2 aliphatic heterocycles. The number of anilines is 1. The summed E-state index contributed by atoms with van der Waals surface area (Å²) in [6.45, 7) is 0.797. The van der Waals surface area contributed by atoms with Gasteiger partial charge >= 0.3 is 0 Å². The Morgan fingerprint density at radius 2 is 2.00 bits per heavy atom. The lowest BCUT2D eigenvalue weighted by Gasteiger charge is -2.30. The monoisotopic (exact) mass is 306 g/mol. The first-order chi connectivity index (χ1) is 10.8. The number of para-hydroxylation sites is 1. The van der Waals surface area contributed by atoms with Crippen molar-refractivity contribution in [3.63, 3.8) is 0 Å². The Balaban J connectivity index is 1.75. The van der Waals surface area contributed by atoms with Gasteiger partial charge in [0.25, 0.3) is 5.91 Å². The molecule has 0 saturated carbocycles. The molecular weight excluding hydrogens is 292 g/mol. The fraction of sp³-hybridized carbons (Fsp3) is 0.0556. The zero-order chi connectivity index (χ0) is 14.9. The minimum absolute atomic E-state index is 0.0724. The van der Waals surface area contributed by atoms with Crippen molar-refractivity contribution < 1.29 is 4.79 Å². The molecule has 4 heteroatoms. The van der Waals surface area contributed by atoms with E-state index in [0.29, 0.717) is 5.57 Å². The van der Waals surface area contributed by atoms with E-state index in [2.05, 4.69) is 27.7 Å². The number of rotatable bonds is 2. The highest BCUT2D eigenvalue weighted by molar-refractivity contribution is 7.11. The van der Waals surface area contributed by atoms with E-state index in [-0.39, 0.29) is 5.91 Å². The van der Waals surface area contributed by atoms with E-state index in [0.717, 1.165) is 22.8 Å². The van der Waals surface area contributed by atoms with Crippen LogP contribution in [-0.2, 0) is 4.79 Å². The molecule has 0 bridgehead atoms. The fourth-order valence-electron chi connectivity index (χ4n) is 2.71. The van der Waals surface area contributed by atoms with Gasteiger partial charge in [0, 0.05) is 18.4 Å². The van der Waals surface area contributed by atoms with Gasteiger partial charge in [-0.05, 0) is 41.3 Å². The maximum Gasteiger partial charge on any atom is 0.257 e. The average Bonchev–Trinajstić information content (AvgIpc) is 3.04. The van der Waals surface area contributed by atoms with Crippen LogP contribution in [0, 0.1) is 0 Å². The summed E-state index contributed by atoms with van der Waals surface area (Å²) in [7, 11) is 0. The van der Waals surface area contributed by atoms with E-state index in [4.69, 9.17) is 0 Å². The quantitative estimate of drug-likeness (QED) is 0.911. The molecule has 4 rings (SSSR count). The Hall–Kier alpha value is -2.59. The largest absolute Gasteiger partial charge is 0.342 e. The Morgan fingerprint density at radius 3 is 2.86 bits per heavy atom. The summed E-state index contributed by atoms with van der Waals surface area (Å²) in [5.41, 5.74) is 3.70. The molecule has 0 fully saturated rings. The Kier molecular flexibility index (Phi) is 3.16. The van der Waals surface area contributed by atoms with E-state index >= 15 is 0 Å². The molecule has 3 nitrogen and oxygen atoms in total. The highest BCUT2D eigenvalue weighted by atomic mass is 32.1. The second-order valence-corrected chi connectivity index (χ2v) is 6.07. The maximum atomic E-state index is 12.7. The molecule has 1 aromatic carbocycles. The van der Waals surface area contributed by atoms with E-state index in [1.807, 2.05) is 48.7 Å². The van der Waals surface area contributed by atoms with Crippen molar-refractivity contribution in [2.45, 2.75) is 0 Å². The van der Waals surface area contributed by atoms with Gasteiger partial charge in [-0.3, -0.25) is 4.79 Å². The number of nitrogens with one attached hydrogen (secondary N) is 1. The first kappa shape index (κ1) is 13.1. The molecule has 0 saturated heterocycles. The number of thiophene rings is 1. The van der Waals surface area contributed by atoms with Crippen molar-refractivity contribution in [3.8, 4) is 0 Å². The number of carbonyl (C=O) groups excluding carboxylic acids is 1. The normalized spacial score (nSPS) is 15.5. The first-order valence-corrected chi connectivity index (χ1v) is 8.01. The topological polar surface area (TPSA) is 32.3 Å². The summed E-state index contributed by atoms with van der Waals surface area (Å²) in [5.74, 6) is -0.0724. The SMILES string of the molecule is O=C(Nc1ccccc1)C1=C2c3sccc3C=CN2CC=C1. The lowest BCUT2D eigenvalue weighted by Crippen LogP contribution is -2.26. The van der Waals surface area contributed by atoms with Gasteiger partial charge in [0.2, 0.25) is 0 Å². The summed E-state index contributed by atoms with van der Waals surface area (Å²) >= 11 is 1.67. The molecule has 0 unspecified atom stereocenters. The number of benzene rings is 1. The molecule has 2 aliphatic rings. The van der Waals surface area contributed by atoms with Gasteiger partial charge in [-0.2, -0.15) is 0 Å². The summed E-state index contributed by atoms with van der Waals surface area (Å²) < 4.78 is 0. The van der Waals surface area contributed by atoms with Crippen LogP contribution in [0.25, 0.3) is 11.8 Å². The summed E-state index contributed by atoms with van der Waals surface area (Å²) in [5, 5.41) is 5.04. The van der Waals surface area contributed by atoms with Crippen molar-refractivity contribution >= 4 is 34.7 Å². The number of hydrogen-bond donors (Lipinski definition) is 1. The van der Waals surface area contributed by atoms with Gasteiger partial charge < -0.3 is 10.2 Å². The van der Waals surface area contributed by atoms with Crippen LogP contribution in [0.15, 0.2) is 65.7 Å². The van der Waals surface area contributed by atoms with Crippen molar-refractivity contribution in [1.82, 2.24) is 4.90 Å². The van der Waals surface area contributed by atoms with Gasteiger partial charge in [-0.25, -0.2) is 0 Å². The molecule has 0 atom stereocenters. The van der Waals surface area contributed by atoms with Crippen LogP contribution in [-0.4, -0.2) is 17.4 Å². The Labute approximate surface area is 132 Å². The van der Waals surface area contributed by atoms with Crippen LogP contribution in [0.4, 0.5) is 5.69 Å². The van der Waals surface area contributed by atoms with E-state index in [1.54, 1.807) is 11.3 Å². The van der Waals surface area contributed by atoms with Crippen molar-refractivity contribution in [1.29, 1.82) is 0 Å². The molecule has 0 radical (unpaired) electrons. The second-order valence-electron chi connectivity index (χ2n) is 5.16. The lowest BCUT2D eigenvalue weighted by atomic mass is 10.0. The third-order valence-electron chi connectivity index (χ3n) is 3.75. The van der Waals surface area contributed by atoms with Gasteiger partial charge in [0.1, 0.15) is 0 Å². The lowest BCUT2D eigenvalue weighted by molar-refractivity contribution is -0.112. The second kappa shape index (κ2) is 5.31. The van der Waals surface area contributed by atoms with E-state index in [1.165, 1.54) is 5.56 Å². The van der Waals surface area contributed by atoms with Crippen LogP contribution >= 0.6 is 11.3 Å². The molecule has 1 amide bonds. The minimum Gasteiger partial charge on any atom is -0.342 e. The van der Waals surface area contributed by atoms with Gasteiger partial charge in [-0.15, -0.1) is 11.3 Å². The first-order valence-electron chi connectivity index (χ1n) is 7.13. The third kappa shape index (κ3) is 2.18. The van der Waals surface area contributed by atoms with Crippen molar-refractivity contribution in [3.05, 3.63) is 76.1 Å². The van der Waals surface area contributed by atoms with Crippen molar-refractivity contribution in [2.24, 2.45) is 0 Å². The molecular formula is C18H14N2OS. The Morgan fingerprint density at radius 1 is 1.14 bits per heavy atom. The van der Waals surface area contributed by atoms with E-state index < -0.39 is 0 Å². The molecule has 1 N–H and O–H groups in total. The number of fused-ring (bicyclic) bond motifs is 3. The minimum atomic E-state index is -0.0724. The summed E-state index contributed by atoms with van der Waals surface area (Å²) in [4.78, 5) is 16.0. The van der Waals surface area contributed by atoms with Crippen LogP contribution in [0.2, 0.25) is 0 Å². The zero-order valence-electron chi connectivity index (χ0n) is 11.8. The molecule has 108 valence electrons. The van der Waals surface area contributed by atoms with Crippen LogP contribution in [0.1, 0.15) is 10.4 Å². The Bertz CT molecular complexity index is 815. The predicted octanol–water partition coefficient (Wildman–Crippen LogP) is 3.95. The molecule has 3 heterocycles. The number of hydrogen-bond acceptors (Lipinski definition) is 3. The van der Waals surface area contributed by atoms with Crippen molar-refractivity contribution in [2.75, 3.05) is 11.9 Å². The molecule has 22 heavy (non-hydrogen) atoms. The molecule has 0 aliphatic carbocycles. The van der Waals surface area contributed by atoms with Crippen LogP contribution < -0.4 is 5.32 Å².